The number of aryl methyl sites for hydroxylation is 2. The molecule has 2 N–H and O–H groups in total. The minimum atomic E-state index is -1.23. The van der Waals surface area contributed by atoms with Gasteiger partial charge in [0.05, 0.1) is 6.61 Å². The van der Waals surface area contributed by atoms with Crippen molar-refractivity contribution in [2.45, 2.75) is 32.9 Å². The summed E-state index contributed by atoms with van der Waals surface area (Å²) in [5, 5.41) is 13.0. The number of amides is 1. The van der Waals surface area contributed by atoms with Gasteiger partial charge in [0.15, 0.2) is 12.6 Å². The van der Waals surface area contributed by atoms with E-state index in [9.17, 15) is 14.7 Å². The number of hydrogen-bond donors (Lipinski definition) is 2. The third-order valence-corrected chi connectivity index (χ3v) is 4.00. The Kier molecular flexibility index (Phi) is 7.37. The lowest BCUT2D eigenvalue weighted by molar-refractivity contribution is -0.151. The highest BCUT2D eigenvalue weighted by atomic mass is 16.5. The smallest absolute Gasteiger partial charge is 0.331 e. The summed E-state index contributed by atoms with van der Waals surface area (Å²) in [5.74, 6) is -0.635. The average molecular weight is 371 g/mol. The molecular formula is C21H25NO5. The SMILES string of the molecule is CCOC(=O)C(NC(=O)COc1ccc(C)cc1C)C(O)c1ccccc1. The van der Waals surface area contributed by atoms with Gasteiger partial charge in [-0.15, -0.1) is 0 Å². The molecule has 0 spiro atoms. The predicted octanol–water partition coefficient (Wildman–Crippen LogP) is 2.46. The fourth-order valence-electron chi connectivity index (χ4n) is 2.66. The van der Waals surface area contributed by atoms with Gasteiger partial charge < -0.3 is 19.9 Å². The molecule has 6 heteroatoms. The Morgan fingerprint density at radius 2 is 1.81 bits per heavy atom. The Bertz CT molecular complexity index is 775. The van der Waals surface area contributed by atoms with E-state index in [0.29, 0.717) is 11.3 Å². The molecule has 27 heavy (non-hydrogen) atoms. The normalized spacial score (nSPS) is 12.7. The second kappa shape index (κ2) is 9.73. The first-order valence-corrected chi connectivity index (χ1v) is 8.81. The van der Waals surface area contributed by atoms with Gasteiger partial charge >= 0.3 is 5.97 Å². The molecule has 2 unspecified atom stereocenters. The number of hydrogen-bond acceptors (Lipinski definition) is 5. The lowest BCUT2D eigenvalue weighted by Crippen LogP contribution is -2.47. The van der Waals surface area contributed by atoms with Crippen molar-refractivity contribution < 1.29 is 24.2 Å². The molecule has 0 fully saturated rings. The maximum Gasteiger partial charge on any atom is 0.331 e. The van der Waals surface area contributed by atoms with Gasteiger partial charge in [0.2, 0.25) is 0 Å². The lowest BCUT2D eigenvalue weighted by atomic mass is 10.0. The van der Waals surface area contributed by atoms with E-state index in [0.717, 1.165) is 11.1 Å². The van der Waals surface area contributed by atoms with E-state index in [1.165, 1.54) is 0 Å². The van der Waals surface area contributed by atoms with Gasteiger partial charge in [-0.3, -0.25) is 4.79 Å². The first kappa shape index (κ1) is 20.5. The van der Waals surface area contributed by atoms with Crippen LogP contribution in [0.4, 0.5) is 0 Å². The zero-order valence-electron chi connectivity index (χ0n) is 15.8. The molecule has 0 heterocycles. The highest BCUT2D eigenvalue weighted by Crippen LogP contribution is 2.19. The van der Waals surface area contributed by atoms with E-state index in [2.05, 4.69) is 5.32 Å². The van der Waals surface area contributed by atoms with Crippen LogP contribution in [0.1, 0.15) is 29.7 Å². The number of carbonyl (C=O) groups excluding carboxylic acids is 2. The topological polar surface area (TPSA) is 84.9 Å². The molecule has 2 rings (SSSR count). The number of ether oxygens (including phenoxy) is 2. The molecule has 0 aliphatic rings. The van der Waals surface area contributed by atoms with E-state index in [1.54, 1.807) is 43.3 Å². The van der Waals surface area contributed by atoms with Crippen LogP contribution in [-0.2, 0) is 14.3 Å². The molecule has 144 valence electrons. The maximum absolute atomic E-state index is 12.3. The first-order chi connectivity index (χ1) is 12.9. The van der Waals surface area contributed by atoms with E-state index in [4.69, 9.17) is 9.47 Å². The van der Waals surface area contributed by atoms with Crippen LogP contribution in [-0.4, -0.2) is 36.2 Å². The Morgan fingerprint density at radius 3 is 2.44 bits per heavy atom. The largest absolute Gasteiger partial charge is 0.484 e. The Hall–Kier alpha value is -2.86. The van der Waals surface area contributed by atoms with Crippen LogP contribution in [0.2, 0.25) is 0 Å². The molecule has 0 saturated carbocycles. The minimum absolute atomic E-state index is 0.145. The summed E-state index contributed by atoms with van der Waals surface area (Å²) in [7, 11) is 0. The van der Waals surface area contributed by atoms with Crippen LogP contribution >= 0.6 is 0 Å². The number of rotatable bonds is 8. The molecule has 2 aromatic rings. The number of benzene rings is 2. The number of carbonyl (C=O) groups is 2. The molecule has 0 saturated heterocycles. The summed E-state index contributed by atoms with van der Waals surface area (Å²) in [6.07, 6.45) is -1.23. The van der Waals surface area contributed by atoms with E-state index < -0.39 is 24.0 Å². The predicted molar refractivity (Wildman–Crippen MR) is 101 cm³/mol. The maximum atomic E-state index is 12.3. The van der Waals surface area contributed by atoms with Crippen LogP contribution in [0.3, 0.4) is 0 Å². The first-order valence-electron chi connectivity index (χ1n) is 8.81. The van der Waals surface area contributed by atoms with Crippen molar-refractivity contribution in [2.24, 2.45) is 0 Å². The summed E-state index contributed by atoms with van der Waals surface area (Å²) in [4.78, 5) is 24.5. The average Bonchev–Trinajstić information content (AvgIpc) is 2.65. The second-order valence-corrected chi connectivity index (χ2v) is 6.21. The third kappa shape index (κ3) is 5.82. The van der Waals surface area contributed by atoms with E-state index >= 15 is 0 Å². The summed E-state index contributed by atoms with van der Waals surface area (Å²) in [6, 6.07) is 13.0. The van der Waals surface area contributed by atoms with Crippen molar-refractivity contribution >= 4 is 11.9 Å². The van der Waals surface area contributed by atoms with Gasteiger partial charge in [-0.25, -0.2) is 4.79 Å². The molecule has 2 atom stereocenters. The van der Waals surface area contributed by atoms with E-state index in [-0.39, 0.29) is 13.2 Å². The van der Waals surface area contributed by atoms with Crippen LogP contribution in [0.5, 0.6) is 5.75 Å². The van der Waals surface area contributed by atoms with E-state index in [1.807, 2.05) is 26.0 Å². The van der Waals surface area contributed by atoms with Crippen LogP contribution < -0.4 is 10.1 Å². The fourth-order valence-corrected chi connectivity index (χ4v) is 2.66. The summed E-state index contributed by atoms with van der Waals surface area (Å²) in [5.41, 5.74) is 2.51. The molecule has 0 bridgehead atoms. The van der Waals surface area contributed by atoms with Crippen LogP contribution in [0, 0.1) is 13.8 Å². The minimum Gasteiger partial charge on any atom is -0.484 e. The van der Waals surface area contributed by atoms with Gasteiger partial charge in [-0.2, -0.15) is 0 Å². The molecule has 1 amide bonds. The van der Waals surface area contributed by atoms with Gasteiger partial charge in [0, 0.05) is 0 Å². The highest BCUT2D eigenvalue weighted by molar-refractivity contribution is 5.85. The Balaban J connectivity index is 2.05. The fraction of sp³-hybridized carbons (Fsp3) is 0.333. The molecule has 0 aromatic heterocycles. The standard InChI is InChI=1S/C21H25NO5/c1-4-26-21(25)19(20(24)16-8-6-5-7-9-16)22-18(23)13-27-17-11-10-14(2)12-15(17)3/h5-12,19-20,24H,4,13H2,1-3H3,(H,22,23). The van der Waals surface area contributed by atoms with Gasteiger partial charge in [-0.05, 0) is 38.0 Å². The Labute approximate surface area is 159 Å². The molecular weight excluding hydrogens is 346 g/mol. The second-order valence-electron chi connectivity index (χ2n) is 6.21. The summed E-state index contributed by atoms with van der Waals surface area (Å²) >= 11 is 0. The number of esters is 1. The van der Waals surface area contributed by atoms with Crippen molar-refractivity contribution in [1.29, 1.82) is 0 Å². The van der Waals surface area contributed by atoms with Gasteiger partial charge in [0.25, 0.3) is 5.91 Å². The Morgan fingerprint density at radius 1 is 1.11 bits per heavy atom. The van der Waals surface area contributed by atoms with Crippen molar-refractivity contribution in [1.82, 2.24) is 5.32 Å². The monoisotopic (exact) mass is 371 g/mol. The zero-order chi connectivity index (χ0) is 19.8. The highest BCUT2D eigenvalue weighted by Gasteiger charge is 2.31. The third-order valence-electron chi connectivity index (χ3n) is 4.00. The molecule has 6 nitrogen and oxygen atoms in total. The van der Waals surface area contributed by atoms with Crippen LogP contribution in [0.25, 0.3) is 0 Å². The van der Waals surface area contributed by atoms with Crippen LogP contribution in [0.15, 0.2) is 48.5 Å². The summed E-state index contributed by atoms with van der Waals surface area (Å²) < 4.78 is 10.5. The number of nitrogens with one attached hydrogen (secondary N) is 1. The van der Waals surface area contributed by atoms with Gasteiger partial charge in [0.1, 0.15) is 11.9 Å². The van der Waals surface area contributed by atoms with Crippen molar-refractivity contribution in [3.8, 4) is 5.75 Å². The molecule has 0 aliphatic carbocycles. The quantitative estimate of drug-likeness (QED) is 0.697. The molecule has 2 aromatic carbocycles. The van der Waals surface area contributed by atoms with Gasteiger partial charge in [-0.1, -0.05) is 48.0 Å². The lowest BCUT2D eigenvalue weighted by Gasteiger charge is -2.23. The number of aliphatic hydroxyl groups is 1. The summed E-state index contributed by atoms with van der Waals surface area (Å²) in [6.45, 7) is 5.39. The van der Waals surface area contributed by atoms with Crippen molar-refractivity contribution in [2.75, 3.05) is 13.2 Å². The van der Waals surface area contributed by atoms with Crippen molar-refractivity contribution in [3.63, 3.8) is 0 Å². The molecule has 0 aliphatic heterocycles. The molecule has 0 radical (unpaired) electrons. The number of aliphatic hydroxyl groups excluding tert-OH is 1. The van der Waals surface area contributed by atoms with Crippen molar-refractivity contribution in [3.05, 3.63) is 65.2 Å². The zero-order valence-corrected chi connectivity index (χ0v) is 15.8.